The molecule has 2 rings (SSSR count). The molecule has 0 aliphatic carbocycles. The number of hydrogen-bond donors (Lipinski definition) is 1. The Hall–Kier alpha value is -2.27. The van der Waals surface area contributed by atoms with E-state index in [4.69, 9.17) is 26.8 Å². The van der Waals surface area contributed by atoms with Crippen LogP contribution in [0.15, 0.2) is 36.5 Å². The Labute approximate surface area is 121 Å². The molecule has 0 radical (unpaired) electrons. The van der Waals surface area contributed by atoms with E-state index in [1.807, 2.05) is 0 Å². The van der Waals surface area contributed by atoms with E-state index in [0.717, 1.165) is 0 Å². The fourth-order valence-electron chi connectivity index (χ4n) is 1.52. The van der Waals surface area contributed by atoms with Crippen LogP contribution in [0.3, 0.4) is 0 Å². The molecule has 0 amide bonds. The minimum absolute atomic E-state index is 0.159. The number of ether oxygens (including phenoxy) is 2. The van der Waals surface area contributed by atoms with Crippen LogP contribution in [0.5, 0.6) is 11.6 Å². The summed E-state index contributed by atoms with van der Waals surface area (Å²) in [5.74, 6) is 0.109. The Kier molecular flexibility index (Phi) is 4.42. The molecule has 2 aromatic rings. The van der Waals surface area contributed by atoms with E-state index in [-0.39, 0.29) is 18.1 Å². The van der Waals surface area contributed by atoms with Crippen molar-refractivity contribution in [2.45, 2.75) is 6.92 Å². The second-order valence-corrected chi connectivity index (χ2v) is 4.27. The van der Waals surface area contributed by atoms with Crippen LogP contribution in [0.1, 0.15) is 17.3 Å². The molecule has 0 saturated heterocycles. The highest BCUT2D eigenvalue weighted by molar-refractivity contribution is 6.33. The lowest BCUT2D eigenvalue weighted by Gasteiger charge is -2.09. The topological polar surface area (TPSA) is 74.4 Å². The quantitative estimate of drug-likeness (QED) is 0.691. The van der Waals surface area contributed by atoms with Crippen molar-refractivity contribution < 1.29 is 14.3 Å². The van der Waals surface area contributed by atoms with Crippen molar-refractivity contribution >= 4 is 23.3 Å². The minimum Gasteiger partial charge on any atom is -0.462 e. The fourth-order valence-corrected chi connectivity index (χ4v) is 1.69. The number of aromatic nitrogens is 1. The summed E-state index contributed by atoms with van der Waals surface area (Å²) in [6.45, 7) is 2.01. The number of anilines is 1. The highest BCUT2D eigenvalue weighted by atomic mass is 35.5. The smallest absolute Gasteiger partial charge is 0.343 e. The van der Waals surface area contributed by atoms with Gasteiger partial charge in [0.05, 0.1) is 17.3 Å². The number of nitrogen functional groups attached to an aromatic ring is 1. The third-order valence-electron chi connectivity index (χ3n) is 2.45. The fraction of sp³-hybridized carbons (Fsp3) is 0.143. The Morgan fingerprint density at radius 2 is 2.20 bits per heavy atom. The molecule has 0 atom stereocenters. The van der Waals surface area contributed by atoms with E-state index in [1.165, 1.54) is 6.20 Å². The van der Waals surface area contributed by atoms with Gasteiger partial charge in [-0.25, -0.2) is 9.78 Å². The van der Waals surface area contributed by atoms with Crippen LogP contribution in [0.4, 0.5) is 5.69 Å². The summed E-state index contributed by atoms with van der Waals surface area (Å²) in [7, 11) is 0. The summed E-state index contributed by atoms with van der Waals surface area (Å²) in [4.78, 5) is 15.8. The standard InChI is InChI=1S/C14H13ClN2O3/c1-2-19-14(18)10-4-3-7-17-13(10)20-9-5-6-12(16)11(15)8-9/h3-8H,2,16H2,1H3. The molecule has 20 heavy (non-hydrogen) atoms. The van der Waals surface area contributed by atoms with Gasteiger partial charge < -0.3 is 15.2 Å². The SMILES string of the molecule is CCOC(=O)c1cccnc1Oc1ccc(N)c(Cl)c1. The number of rotatable bonds is 4. The summed E-state index contributed by atoms with van der Waals surface area (Å²) in [5, 5.41) is 0.371. The summed E-state index contributed by atoms with van der Waals surface area (Å²) in [6, 6.07) is 8.03. The Morgan fingerprint density at radius 3 is 2.90 bits per heavy atom. The molecule has 0 saturated carbocycles. The van der Waals surface area contributed by atoms with Gasteiger partial charge in [-0.15, -0.1) is 0 Å². The van der Waals surface area contributed by atoms with Gasteiger partial charge in [0.1, 0.15) is 11.3 Å². The van der Waals surface area contributed by atoms with Crippen LogP contribution in [-0.4, -0.2) is 17.6 Å². The number of hydrogen-bond acceptors (Lipinski definition) is 5. The van der Waals surface area contributed by atoms with Crippen LogP contribution in [0.25, 0.3) is 0 Å². The first-order chi connectivity index (χ1) is 9.61. The third kappa shape index (κ3) is 3.19. The summed E-state index contributed by atoms with van der Waals surface area (Å²) < 4.78 is 10.5. The van der Waals surface area contributed by atoms with Gasteiger partial charge in [0, 0.05) is 12.3 Å². The molecule has 104 valence electrons. The zero-order valence-electron chi connectivity index (χ0n) is 10.8. The lowest BCUT2D eigenvalue weighted by Crippen LogP contribution is -2.07. The first-order valence-electron chi connectivity index (χ1n) is 5.97. The van der Waals surface area contributed by atoms with E-state index in [9.17, 15) is 4.79 Å². The van der Waals surface area contributed by atoms with E-state index in [1.54, 1.807) is 37.3 Å². The van der Waals surface area contributed by atoms with Crippen LogP contribution in [0.2, 0.25) is 5.02 Å². The van der Waals surface area contributed by atoms with E-state index in [2.05, 4.69) is 4.98 Å². The minimum atomic E-state index is -0.489. The van der Waals surface area contributed by atoms with Crippen LogP contribution >= 0.6 is 11.6 Å². The lowest BCUT2D eigenvalue weighted by molar-refractivity contribution is 0.0522. The van der Waals surface area contributed by atoms with Crippen molar-refractivity contribution in [2.75, 3.05) is 12.3 Å². The molecule has 2 N–H and O–H groups in total. The van der Waals surface area contributed by atoms with Crippen molar-refractivity contribution in [3.63, 3.8) is 0 Å². The van der Waals surface area contributed by atoms with E-state index in [0.29, 0.717) is 16.5 Å². The van der Waals surface area contributed by atoms with Gasteiger partial charge in [-0.3, -0.25) is 0 Å². The van der Waals surface area contributed by atoms with Crippen LogP contribution in [0, 0.1) is 0 Å². The molecule has 1 aromatic heterocycles. The molecule has 0 aliphatic heterocycles. The van der Waals surface area contributed by atoms with Gasteiger partial charge in [-0.1, -0.05) is 11.6 Å². The zero-order chi connectivity index (χ0) is 14.5. The second-order valence-electron chi connectivity index (χ2n) is 3.86. The molecule has 0 bridgehead atoms. The maximum absolute atomic E-state index is 11.8. The highest BCUT2D eigenvalue weighted by Gasteiger charge is 2.15. The van der Waals surface area contributed by atoms with Gasteiger partial charge in [0.15, 0.2) is 0 Å². The van der Waals surface area contributed by atoms with Crippen LogP contribution in [-0.2, 0) is 4.74 Å². The third-order valence-corrected chi connectivity index (χ3v) is 2.78. The second kappa shape index (κ2) is 6.25. The van der Waals surface area contributed by atoms with Crippen molar-refractivity contribution in [1.29, 1.82) is 0 Å². The Bertz CT molecular complexity index is 632. The first kappa shape index (κ1) is 14.1. The Balaban J connectivity index is 2.29. The summed E-state index contributed by atoms with van der Waals surface area (Å²) >= 11 is 5.92. The number of esters is 1. The molecule has 0 aliphatic rings. The molecule has 1 heterocycles. The molecular formula is C14H13ClN2O3. The van der Waals surface area contributed by atoms with Gasteiger partial charge in [-0.2, -0.15) is 0 Å². The normalized spacial score (nSPS) is 10.1. The number of carbonyl (C=O) groups is 1. The molecule has 6 heteroatoms. The van der Waals surface area contributed by atoms with Crippen molar-refractivity contribution in [1.82, 2.24) is 4.98 Å². The van der Waals surface area contributed by atoms with Gasteiger partial charge >= 0.3 is 5.97 Å². The van der Waals surface area contributed by atoms with Gasteiger partial charge in [-0.05, 0) is 31.2 Å². The first-order valence-corrected chi connectivity index (χ1v) is 6.34. The number of benzene rings is 1. The molecule has 0 fully saturated rings. The maximum Gasteiger partial charge on any atom is 0.343 e. The number of nitrogens with two attached hydrogens (primary N) is 1. The predicted octanol–water partition coefficient (Wildman–Crippen LogP) is 3.29. The number of halogens is 1. The summed E-state index contributed by atoms with van der Waals surface area (Å²) in [6.07, 6.45) is 1.52. The largest absolute Gasteiger partial charge is 0.462 e. The number of carbonyl (C=O) groups excluding carboxylic acids is 1. The van der Waals surface area contributed by atoms with Crippen molar-refractivity contribution in [3.8, 4) is 11.6 Å². The maximum atomic E-state index is 11.8. The molecule has 0 spiro atoms. The molecular weight excluding hydrogens is 280 g/mol. The average Bonchev–Trinajstić information content (AvgIpc) is 2.44. The monoisotopic (exact) mass is 292 g/mol. The number of pyridine rings is 1. The van der Waals surface area contributed by atoms with Gasteiger partial charge in [0.25, 0.3) is 0 Å². The van der Waals surface area contributed by atoms with Gasteiger partial charge in [0.2, 0.25) is 5.88 Å². The van der Waals surface area contributed by atoms with Crippen molar-refractivity contribution in [3.05, 3.63) is 47.1 Å². The average molecular weight is 293 g/mol. The number of nitrogens with zero attached hydrogens (tertiary/aromatic N) is 1. The van der Waals surface area contributed by atoms with E-state index < -0.39 is 5.97 Å². The highest BCUT2D eigenvalue weighted by Crippen LogP contribution is 2.28. The predicted molar refractivity (Wildman–Crippen MR) is 76.1 cm³/mol. The molecule has 0 unspecified atom stereocenters. The van der Waals surface area contributed by atoms with Crippen LogP contribution < -0.4 is 10.5 Å². The van der Waals surface area contributed by atoms with E-state index >= 15 is 0 Å². The molecule has 1 aromatic carbocycles. The lowest BCUT2D eigenvalue weighted by atomic mass is 10.2. The zero-order valence-corrected chi connectivity index (χ0v) is 11.6. The summed E-state index contributed by atoms with van der Waals surface area (Å²) in [5.41, 5.74) is 6.32. The Morgan fingerprint density at radius 1 is 1.40 bits per heavy atom. The molecule has 5 nitrogen and oxygen atoms in total. The van der Waals surface area contributed by atoms with Crippen molar-refractivity contribution in [2.24, 2.45) is 0 Å².